The molecule has 0 spiro atoms. The smallest absolute Gasteiger partial charge is 0.269 e. The lowest BCUT2D eigenvalue weighted by molar-refractivity contribution is -0.123. The van der Waals surface area contributed by atoms with Gasteiger partial charge >= 0.3 is 0 Å². The van der Waals surface area contributed by atoms with Gasteiger partial charge in [0.1, 0.15) is 5.25 Å². The highest BCUT2D eigenvalue weighted by Crippen LogP contribution is 2.18. The van der Waals surface area contributed by atoms with Crippen molar-refractivity contribution in [3.8, 4) is 0 Å². The summed E-state index contributed by atoms with van der Waals surface area (Å²) in [5, 5.41) is 4.81. The summed E-state index contributed by atoms with van der Waals surface area (Å²) < 4.78 is 31.0. The van der Waals surface area contributed by atoms with Gasteiger partial charge in [-0.25, -0.2) is 0 Å². The van der Waals surface area contributed by atoms with Gasteiger partial charge in [-0.1, -0.05) is 12.8 Å². The predicted molar refractivity (Wildman–Crippen MR) is 70.1 cm³/mol. The summed E-state index contributed by atoms with van der Waals surface area (Å²) in [5.74, 6) is -0.228. The molecular formula is C11H21N3O4S. The molecule has 1 saturated heterocycles. The second-order valence-corrected chi connectivity index (χ2v) is 7.09. The summed E-state index contributed by atoms with van der Waals surface area (Å²) in [7, 11) is -4.08. The Kier molecular flexibility index (Phi) is 4.44. The minimum atomic E-state index is -4.08. The van der Waals surface area contributed by atoms with Gasteiger partial charge in [0.15, 0.2) is 0 Å². The molecule has 110 valence electrons. The number of carbonyl (C=O) groups is 1. The van der Waals surface area contributed by atoms with Crippen LogP contribution in [0.1, 0.15) is 32.1 Å². The monoisotopic (exact) mass is 291 g/mol. The molecule has 4 atom stereocenters. The molecule has 0 bridgehead atoms. The zero-order chi connectivity index (χ0) is 14.0. The van der Waals surface area contributed by atoms with Crippen LogP contribution in [0.15, 0.2) is 0 Å². The first-order chi connectivity index (χ1) is 8.88. The van der Waals surface area contributed by atoms with Crippen molar-refractivity contribution >= 4 is 16.0 Å². The van der Waals surface area contributed by atoms with Crippen LogP contribution < -0.4 is 16.4 Å². The van der Waals surface area contributed by atoms with E-state index in [1.165, 1.54) is 0 Å². The van der Waals surface area contributed by atoms with Gasteiger partial charge in [0.25, 0.3) is 10.1 Å². The third-order valence-electron chi connectivity index (χ3n) is 3.98. The fraction of sp³-hybridized carbons (Fsp3) is 0.909. The summed E-state index contributed by atoms with van der Waals surface area (Å²) >= 11 is 0. The van der Waals surface area contributed by atoms with Crippen LogP contribution in [0.4, 0.5) is 0 Å². The van der Waals surface area contributed by atoms with Gasteiger partial charge < -0.3 is 16.4 Å². The van der Waals surface area contributed by atoms with Crippen molar-refractivity contribution in [3.63, 3.8) is 0 Å². The maximum atomic E-state index is 12.0. The van der Waals surface area contributed by atoms with Crippen LogP contribution in [-0.2, 0) is 14.9 Å². The molecule has 1 aliphatic carbocycles. The second kappa shape index (κ2) is 5.74. The summed E-state index contributed by atoms with van der Waals surface area (Å²) in [6, 6.07) is -0.634. The molecule has 1 amide bonds. The molecule has 0 radical (unpaired) electrons. The highest BCUT2D eigenvalue weighted by atomic mass is 32.2. The second-order valence-electron chi connectivity index (χ2n) is 5.40. The third kappa shape index (κ3) is 3.65. The Labute approximate surface area is 113 Å². The number of amides is 1. The number of rotatable bonds is 3. The average Bonchev–Trinajstić information content (AvgIpc) is 2.81. The standard InChI is InChI=1S/C11H21N3O4S/c12-8-3-1-2-4-9(8)14-11(15)10-5-7(6-13-10)19(16,17)18/h7-10,13H,1-6,12H2,(H,14,15)(H,16,17,18)/t7-,8+,9?,10-/m0/s1. The summed E-state index contributed by atoms with van der Waals surface area (Å²) in [6.45, 7) is 0.105. The number of carbonyl (C=O) groups excluding carboxylic acids is 1. The van der Waals surface area contributed by atoms with E-state index in [9.17, 15) is 13.2 Å². The van der Waals surface area contributed by atoms with E-state index in [4.69, 9.17) is 10.3 Å². The van der Waals surface area contributed by atoms with E-state index < -0.39 is 21.4 Å². The van der Waals surface area contributed by atoms with Crippen molar-refractivity contribution < 1.29 is 17.8 Å². The minimum absolute atomic E-state index is 0.0310. The molecule has 19 heavy (non-hydrogen) atoms. The van der Waals surface area contributed by atoms with Crippen LogP contribution in [-0.4, -0.2) is 48.8 Å². The molecule has 1 unspecified atom stereocenters. The molecular weight excluding hydrogens is 270 g/mol. The lowest BCUT2D eigenvalue weighted by atomic mass is 9.91. The van der Waals surface area contributed by atoms with E-state index in [1.54, 1.807) is 0 Å². The number of hydrogen-bond donors (Lipinski definition) is 4. The topological polar surface area (TPSA) is 122 Å². The van der Waals surface area contributed by atoms with Crippen LogP contribution in [0.2, 0.25) is 0 Å². The molecule has 0 aromatic heterocycles. The molecule has 0 aromatic rings. The minimum Gasteiger partial charge on any atom is -0.350 e. The van der Waals surface area contributed by atoms with E-state index >= 15 is 0 Å². The van der Waals surface area contributed by atoms with E-state index in [0.29, 0.717) is 0 Å². The van der Waals surface area contributed by atoms with Crippen LogP contribution in [0.5, 0.6) is 0 Å². The molecule has 2 aliphatic rings. The van der Waals surface area contributed by atoms with Gasteiger partial charge in [0, 0.05) is 18.6 Å². The maximum Gasteiger partial charge on any atom is 0.269 e. The van der Waals surface area contributed by atoms with Crippen LogP contribution in [0, 0.1) is 0 Å². The van der Waals surface area contributed by atoms with E-state index in [1.807, 2.05) is 0 Å². The van der Waals surface area contributed by atoms with E-state index in [2.05, 4.69) is 10.6 Å². The average molecular weight is 291 g/mol. The van der Waals surface area contributed by atoms with E-state index in [0.717, 1.165) is 25.7 Å². The zero-order valence-electron chi connectivity index (χ0n) is 10.7. The summed E-state index contributed by atoms with van der Waals surface area (Å²) in [5.41, 5.74) is 5.95. The maximum absolute atomic E-state index is 12.0. The number of hydrogen-bond acceptors (Lipinski definition) is 5. The van der Waals surface area contributed by atoms with Crippen molar-refractivity contribution in [2.24, 2.45) is 5.73 Å². The highest BCUT2D eigenvalue weighted by Gasteiger charge is 2.37. The van der Waals surface area contributed by atoms with Crippen LogP contribution in [0.3, 0.4) is 0 Å². The first-order valence-corrected chi connectivity index (χ1v) is 8.14. The Morgan fingerprint density at radius 1 is 1.32 bits per heavy atom. The Bertz CT molecular complexity index is 439. The normalized spacial score (nSPS) is 36.1. The first-order valence-electron chi connectivity index (χ1n) is 6.63. The molecule has 2 rings (SSSR count). The molecule has 1 saturated carbocycles. The van der Waals surface area contributed by atoms with Crippen LogP contribution in [0.25, 0.3) is 0 Å². The van der Waals surface area contributed by atoms with Gasteiger partial charge in [-0.15, -0.1) is 0 Å². The fourth-order valence-corrected chi connectivity index (χ4v) is 3.49. The molecule has 7 nitrogen and oxygen atoms in total. The third-order valence-corrected chi connectivity index (χ3v) is 5.18. The van der Waals surface area contributed by atoms with Crippen molar-refractivity contribution in [1.29, 1.82) is 0 Å². The fourth-order valence-electron chi connectivity index (χ4n) is 2.75. The first kappa shape index (κ1) is 14.7. The van der Waals surface area contributed by atoms with Gasteiger partial charge in [0.2, 0.25) is 5.91 Å². The molecule has 1 heterocycles. The Morgan fingerprint density at radius 3 is 2.58 bits per heavy atom. The van der Waals surface area contributed by atoms with E-state index in [-0.39, 0.29) is 31.0 Å². The largest absolute Gasteiger partial charge is 0.350 e. The summed E-state index contributed by atoms with van der Waals surface area (Å²) in [4.78, 5) is 12.0. The number of nitrogens with one attached hydrogen (secondary N) is 2. The molecule has 0 aromatic carbocycles. The highest BCUT2D eigenvalue weighted by molar-refractivity contribution is 7.86. The van der Waals surface area contributed by atoms with Crippen molar-refractivity contribution in [3.05, 3.63) is 0 Å². The molecule has 8 heteroatoms. The SMILES string of the molecule is N[C@@H]1CCCCC1NC(=O)[C@@H]1C[C@H](S(=O)(=O)O)CN1. The zero-order valence-corrected chi connectivity index (χ0v) is 11.5. The Hall–Kier alpha value is -0.700. The van der Waals surface area contributed by atoms with Gasteiger partial charge in [0.05, 0.1) is 6.04 Å². The van der Waals surface area contributed by atoms with Crippen molar-refractivity contribution in [2.75, 3.05) is 6.54 Å². The van der Waals surface area contributed by atoms with Crippen molar-refractivity contribution in [1.82, 2.24) is 10.6 Å². The predicted octanol–water partition coefficient (Wildman–Crippen LogP) is -1.01. The lowest BCUT2D eigenvalue weighted by Gasteiger charge is -2.30. The molecule has 1 aliphatic heterocycles. The molecule has 5 N–H and O–H groups in total. The summed E-state index contributed by atoms with van der Waals surface area (Å²) in [6.07, 6.45) is 4.00. The Morgan fingerprint density at radius 2 is 2.00 bits per heavy atom. The van der Waals surface area contributed by atoms with Crippen molar-refractivity contribution in [2.45, 2.75) is 55.5 Å². The molecule has 2 fully saturated rings. The number of nitrogens with two attached hydrogens (primary N) is 1. The lowest BCUT2D eigenvalue weighted by Crippen LogP contribution is -2.53. The van der Waals surface area contributed by atoms with Crippen LogP contribution >= 0.6 is 0 Å². The Balaban J connectivity index is 1.87. The quantitative estimate of drug-likeness (QED) is 0.494. The van der Waals surface area contributed by atoms with Gasteiger partial charge in [-0.3, -0.25) is 9.35 Å². The van der Waals surface area contributed by atoms with Gasteiger partial charge in [-0.05, 0) is 19.3 Å². The van der Waals surface area contributed by atoms with Gasteiger partial charge in [-0.2, -0.15) is 8.42 Å².